The van der Waals surface area contributed by atoms with Crippen LogP contribution in [0.4, 0.5) is 5.69 Å². The van der Waals surface area contributed by atoms with Gasteiger partial charge >= 0.3 is 0 Å². The van der Waals surface area contributed by atoms with E-state index in [0.717, 1.165) is 5.56 Å². The number of hydrogen-bond donors (Lipinski definition) is 1. The van der Waals surface area contributed by atoms with Crippen molar-refractivity contribution in [2.24, 2.45) is 11.8 Å². The van der Waals surface area contributed by atoms with Crippen LogP contribution in [0.2, 0.25) is 0 Å². The van der Waals surface area contributed by atoms with Crippen molar-refractivity contribution in [3.05, 3.63) is 85.5 Å². The summed E-state index contributed by atoms with van der Waals surface area (Å²) in [6.45, 7) is 13.5. The molecule has 246 valence electrons. The van der Waals surface area contributed by atoms with Gasteiger partial charge in [-0.1, -0.05) is 42.5 Å². The van der Waals surface area contributed by atoms with Gasteiger partial charge in [0.2, 0.25) is 17.7 Å². The van der Waals surface area contributed by atoms with Crippen LogP contribution in [0.15, 0.2) is 79.9 Å². The smallest absolute Gasteiger partial charge is 0.248 e. The van der Waals surface area contributed by atoms with E-state index in [9.17, 15) is 19.5 Å². The van der Waals surface area contributed by atoms with Crippen LogP contribution < -0.4 is 9.64 Å². The van der Waals surface area contributed by atoms with Crippen molar-refractivity contribution in [3.8, 4) is 5.75 Å². The number of carbonyl (C=O) groups excluding carboxylic acids is 3. The number of fused-ring (bicyclic) bond motifs is 1. The minimum absolute atomic E-state index is 0.0653. The Bertz CT molecular complexity index is 1410. The van der Waals surface area contributed by atoms with Crippen molar-refractivity contribution in [2.75, 3.05) is 37.7 Å². The fourth-order valence-electron chi connectivity index (χ4n) is 7.77. The topological polar surface area (TPSA) is 99.6 Å². The number of benzene rings is 2. The molecule has 5 rings (SSSR count). The third-order valence-electron chi connectivity index (χ3n) is 9.75. The Morgan fingerprint density at radius 3 is 2.39 bits per heavy atom. The fraction of sp³-hybridized carbons (Fsp3) is 0.486. The number of aliphatic hydroxyl groups is 1. The molecule has 9 nitrogen and oxygen atoms in total. The molecule has 3 heterocycles. The molecule has 1 spiro atoms. The molecule has 0 aromatic heterocycles. The molecule has 0 aliphatic carbocycles. The van der Waals surface area contributed by atoms with E-state index >= 15 is 0 Å². The highest BCUT2D eigenvalue weighted by Crippen LogP contribution is 2.63. The van der Waals surface area contributed by atoms with Crippen molar-refractivity contribution in [1.82, 2.24) is 9.80 Å². The quantitative estimate of drug-likeness (QED) is 0.213. The minimum Gasteiger partial charge on any atom is -0.494 e. The van der Waals surface area contributed by atoms with Crippen molar-refractivity contribution >= 4 is 23.4 Å². The maximum Gasteiger partial charge on any atom is 0.248 e. The molecule has 0 saturated carbocycles. The lowest BCUT2D eigenvalue weighted by Gasteiger charge is -2.37. The monoisotopic (exact) mass is 629 g/mol. The first kappa shape index (κ1) is 33.4. The number of rotatable bonds is 16. The number of hydrogen-bond acceptors (Lipinski definition) is 6. The van der Waals surface area contributed by atoms with Crippen molar-refractivity contribution in [3.63, 3.8) is 0 Å². The number of ether oxygens (including phenoxy) is 2. The van der Waals surface area contributed by atoms with Crippen LogP contribution in [0, 0.1) is 11.8 Å². The lowest BCUT2D eigenvalue weighted by atomic mass is 9.66. The van der Waals surface area contributed by atoms with Gasteiger partial charge in [0.25, 0.3) is 0 Å². The highest BCUT2D eigenvalue weighted by molar-refractivity contribution is 6.03. The van der Waals surface area contributed by atoms with E-state index in [1.54, 1.807) is 26.9 Å². The first-order valence-electron chi connectivity index (χ1n) is 16.4. The summed E-state index contributed by atoms with van der Waals surface area (Å²) in [5.41, 5.74) is -0.397. The van der Waals surface area contributed by atoms with Crippen LogP contribution in [0.3, 0.4) is 0 Å². The second kappa shape index (κ2) is 14.2. The highest BCUT2D eigenvalue weighted by Gasteiger charge is 2.78. The predicted octanol–water partition coefficient (Wildman–Crippen LogP) is 4.75. The Kier molecular flexibility index (Phi) is 10.3. The minimum atomic E-state index is -1.13. The van der Waals surface area contributed by atoms with E-state index in [4.69, 9.17) is 9.47 Å². The molecule has 3 fully saturated rings. The van der Waals surface area contributed by atoms with Crippen molar-refractivity contribution in [1.29, 1.82) is 0 Å². The molecule has 2 unspecified atom stereocenters. The van der Waals surface area contributed by atoms with Gasteiger partial charge in [-0.25, -0.2) is 0 Å². The lowest BCUT2D eigenvalue weighted by Crippen LogP contribution is -2.56. The third kappa shape index (κ3) is 6.10. The molecular weight excluding hydrogens is 582 g/mol. The number of likely N-dealkylation sites (tertiary alicyclic amines) is 1. The van der Waals surface area contributed by atoms with Gasteiger partial charge in [0.1, 0.15) is 17.4 Å². The second-order valence-corrected chi connectivity index (χ2v) is 12.7. The zero-order valence-corrected chi connectivity index (χ0v) is 27.1. The number of anilines is 1. The van der Waals surface area contributed by atoms with Gasteiger partial charge in [-0.15, -0.1) is 13.2 Å². The van der Waals surface area contributed by atoms with E-state index in [2.05, 4.69) is 13.2 Å². The van der Waals surface area contributed by atoms with Crippen LogP contribution in [-0.2, 0) is 25.7 Å². The summed E-state index contributed by atoms with van der Waals surface area (Å²) in [6, 6.07) is 16.2. The maximum absolute atomic E-state index is 14.7. The van der Waals surface area contributed by atoms with E-state index in [1.807, 2.05) is 68.4 Å². The number of aliphatic hydroxyl groups excluding tert-OH is 1. The normalized spacial score (nSPS) is 26.1. The van der Waals surface area contributed by atoms with E-state index < -0.39 is 29.1 Å². The maximum atomic E-state index is 14.7. The van der Waals surface area contributed by atoms with Gasteiger partial charge < -0.3 is 29.3 Å². The number of carbonyl (C=O) groups is 3. The average Bonchev–Trinajstić information content (AvgIpc) is 3.62. The summed E-state index contributed by atoms with van der Waals surface area (Å²) in [7, 11) is 0. The molecule has 46 heavy (non-hydrogen) atoms. The Labute approximate surface area is 272 Å². The Morgan fingerprint density at radius 1 is 1.02 bits per heavy atom. The van der Waals surface area contributed by atoms with Gasteiger partial charge in [-0.3, -0.25) is 14.4 Å². The number of amides is 3. The summed E-state index contributed by atoms with van der Waals surface area (Å²) < 4.78 is 12.5. The highest BCUT2D eigenvalue weighted by atomic mass is 16.5. The van der Waals surface area contributed by atoms with Crippen molar-refractivity contribution < 1.29 is 29.0 Å². The fourth-order valence-corrected chi connectivity index (χ4v) is 7.77. The zero-order chi connectivity index (χ0) is 32.9. The average molecular weight is 630 g/mol. The van der Waals surface area contributed by atoms with Gasteiger partial charge in [0.15, 0.2) is 0 Å². The lowest BCUT2D eigenvalue weighted by molar-refractivity contribution is -0.151. The Morgan fingerprint density at radius 2 is 1.74 bits per heavy atom. The van der Waals surface area contributed by atoms with Crippen molar-refractivity contribution in [2.45, 2.75) is 69.7 Å². The molecule has 9 heteroatoms. The SMILES string of the molecule is C=CCN(Cc1ccccc1)C(=O)C1N(CCCCCO)C(=O)[C@@H]2[C@@H](C(=O)N(CC=C)c3ccc(OCC)cc3)[C@@]3(C)CCC12O3. The molecule has 3 amide bonds. The summed E-state index contributed by atoms with van der Waals surface area (Å²) in [5.74, 6) is -1.51. The van der Waals surface area contributed by atoms with Crippen LogP contribution in [0.1, 0.15) is 51.5 Å². The van der Waals surface area contributed by atoms with E-state index in [1.165, 1.54) is 0 Å². The predicted molar refractivity (Wildman–Crippen MR) is 177 cm³/mol. The van der Waals surface area contributed by atoms with Gasteiger partial charge in [-0.05, 0) is 75.8 Å². The molecule has 3 aliphatic rings. The van der Waals surface area contributed by atoms with E-state index in [-0.39, 0.29) is 30.9 Å². The van der Waals surface area contributed by atoms with E-state index in [0.29, 0.717) is 69.8 Å². The van der Waals surface area contributed by atoms with Gasteiger partial charge in [0, 0.05) is 38.5 Å². The molecular formula is C37H47N3O6. The standard InChI is InChI=1S/C37H47N3O6/c1-5-22-38(26-27-14-10-8-11-15-27)35(44)32-37-21-20-36(4,46-37)30(31(37)34(43)40(32)24-12-9-13-25-41)33(42)39(23-6-2)28-16-18-29(19-17-28)45-7-3/h5-6,8,10-11,14-19,30-32,41H,1-2,7,9,12-13,20-26H2,3-4H3/t30-,31-,32?,36+,37?/m0/s1. The molecule has 3 aliphatic heterocycles. The van der Waals surface area contributed by atoms with Crippen LogP contribution >= 0.6 is 0 Å². The molecule has 2 bridgehead atoms. The second-order valence-electron chi connectivity index (χ2n) is 12.7. The Balaban J connectivity index is 1.52. The molecule has 1 N–H and O–H groups in total. The first-order valence-corrected chi connectivity index (χ1v) is 16.4. The van der Waals surface area contributed by atoms with Crippen LogP contribution in [0.25, 0.3) is 0 Å². The van der Waals surface area contributed by atoms with Crippen LogP contribution in [0.5, 0.6) is 5.75 Å². The number of nitrogens with zero attached hydrogens (tertiary/aromatic N) is 3. The molecule has 2 aromatic carbocycles. The molecule has 3 saturated heterocycles. The summed E-state index contributed by atoms with van der Waals surface area (Å²) in [5, 5.41) is 9.37. The molecule has 0 radical (unpaired) electrons. The van der Waals surface area contributed by atoms with Gasteiger partial charge in [0.05, 0.1) is 24.0 Å². The summed E-state index contributed by atoms with van der Waals surface area (Å²) in [4.78, 5) is 49.0. The molecule has 5 atom stereocenters. The first-order chi connectivity index (χ1) is 22.2. The number of unbranched alkanes of at least 4 members (excludes halogenated alkanes) is 2. The summed E-state index contributed by atoms with van der Waals surface area (Å²) >= 11 is 0. The zero-order valence-electron chi connectivity index (χ0n) is 27.1. The largest absolute Gasteiger partial charge is 0.494 e. The summed E-state index contributed by atoms with van der Waals surface area (Å²) in [6.07, 6.45) is 6.39. The van der Waals surface area contributed by atoms with Gasteiger partial charge in [-0.2, -0.15) is 0 Å². The van der Waals surface area contributed by atoms with Crippen LogP contribution in [-0.4, -0.2) is 82.7 Å². The Hall–Kier alpha value is -3.95. The third-order valence-corrected chi connectivity index (χ3v) is 9.75. The molecule has 2 aromatic rings.